The van der Waals surface area contributed by atoms with Crippen LogP contribution in [0.1, 0.15) is 31.9 Å². The Labute approximate surface area is 205 Å². The summed E-state index contributed by atoms with van der Waals surface area (Å²) in [5.74, 6) is -0.111. The predicted octanol–water partition coefficient (Wildman–Crippen LogP) is 6.09. The molecule has 3 aromatic rings. The number of hydrogen-bond donors (Lipinski definition) is 1. The molecule has 174 valence electrons. The molecular weight excluding hydrogens is 479 g/mol. The SMILES string of the molecule is CC(C)C[C@H](NC(=O)CN(c1ccc(Cl)cc1Cl)S(=O)(=O)c1ccccc1)c1ccccc1. The van der Waals surface area contributed by atoms with Crippen molar-refractivity contribution in [3.05, 3.63) is 94.5 Å². The third kappa shape index (κ3) is 6.50. The highest BCUT2D eigenvalue weighted by Crippen LogP contribution is 2.32. The number of rotatable bonds is 9. The van der Waals surface area contributed by atoms with E-state index in [1.807, 2.05) is 30.3 Å². The van der Waals surface area contributed by atoms with E-state index >= 15 is 0 Å². The Morgan fingerprint density at radius 3 is 2.12 bits per heavy atom. The van der Waals surface area contributed by atoms with Crippen molar-refractivity contribution in [3.8, 4) is 0 Å². The molecule has 0 unspecified atom stereocenters. The molecule has 0 aliphatic rings. The number of sulfonamides is 1. The van der Waals surface area contributed by atoms with E-state index in [9.17, 15) is 13.2 Å². The molecule has 0 bridgehead atoms. The van der Waals surface area contributed by atoms with Crippen LogP contribution in [0, 0.1) is 5.92 Å². The van der Waals surface area contributed by atoms with Crippen LogP contribution in [-0.4, -0.2) is 20.9 Å². The average Bonchev–Trinajstić information content (AvgIpc) is 2.78. The zero-order valence-electron chi connectivity index (χ0n) is 18.4. The molecule has 0 aliphatic carbocycles. The molecule has 1 N–H and O–H groups in total. The number of amides is 1. The summed E-state index contributed by atoms with van der Waals surface area (Å²) in [4.78, 5) is 13.2. The van der Waals surface area contributed by atoms with E-state index < -0.39 is 22.5 Å². The van der Waals surface area contributed by atoms with Crippen LogP contribution in [0.15, 0.2) is 83.8 Å². The van der Waals surface area contributed by atoms with E-state index in [2.05, 4.69) is 19.2 Å². The largest absolute Gasteiger partial charge is 0.348 e. The van der Waals surface area contributed by atoms with Crippen LogP contribution in [0.5, 0.6) is 0 Å². The molecule has 3 aromatic carbocycles. The number of carbonyl (C=O) groups excluding carboxylic acids is 1. The number of halogens is 2. The fourth-order valence-corrected chi connectivity index (χ4v) is 5.53. The number of nitrogens with zero attached hydrogens (tertiary/aromatic N) is 1. The van der Waals surface area contributed by atoms with Crippen molar-refractivity contribution in [2.75, 3.05) is 10.8 Å². The maximum Gasteiger partial charge on any atom is 0.264 e. The summed E-state index contributed by atoms with van der Waals surface area (Å²) < 4.78 is 28.0. The van der Waals surface area contributed by atoms with Gasteiger partial charge in [0.2, 0.25) is 5.91 Å². The highest BCUT2D eigenvalue weighted by atomic mass is 35.5. The highest BCUT2D eigenvalue weighted by Gasteiger charge is 2.29. The van der Waals surface area contributed by atoms with E-state index in [1.165, 1.54) is 24.3 Å². The smallest absolute Gasteiger partial charge is 0.264 e. The van der Waals surface area contributed by atoms with Crippen molar-refractivity contribution in [2.45, 2.75) is 31.2 Å². The van der Waals surface area contributed by atoms with Gasteiger partial charge < -0.3 is 5.32 Å². The van der Waals surface area contributed by atoms with E-state index in [-0.39, 0.29) is 21.6 Å². The van der Waals surface area contributed by atoms with Crippen LogP contribution in [0.3, 0.4) is 0 Å². The highest BCUT2D eigenvalue weighted by molar-refractivity contribution is 7.92. The molecule has 8 heteroatoms. The van der Waals surface area contributed by atoms with Crippen molar-refractivity contribution in [3.63, 3.8) is 0 Å². The first-order valence-electron chi connectivity index (χ1n) is 10.6. The van der Waals surface area contributed by atoms with Gasteiger partial charge in [0.05, 0.1) is 21.6 Å². The second kappa shape index (κ2) is 11.1. The van der Waals surface area contributed by atoms with Gasteiger partial charge in [-0.3, -0.25) is 9.10 Å². The zero-order chi connectivity index (χ0) is 24.0. The molecule has 5 nitrogen and oxygen atoms in total. The molecule has 1 atom stereocenters. The first-order chi connectivity index (χ1) is 15.7. The minimum Gasteiger partial charge on any atom is -0.348 e. The zero-order valence-corrected chi connectivity index (χ0v) is 20.7. The average molecular weight is 505 g/mol. The molecule has 0 saturated heterocycles. The Hall–Kier alpha value is -2.54. The quantitative estimate of drug-likeness (QED) is 0.383. The number of anilines is 1. The first-order valence-corrected chi connectivity index (χ1v) is 12.7. The van der Waals surface area contributed by atoms with E-state index in [4.69, 9.17) is 23.2 Å². The molecule has 3 rings (SSSR count). The van der Waals surface area contributed by atoms with Gasteiger partial charge in [-0.1, -0.05) is 85.6 Å². The second-order valence-electron chi connectivity index (χ2n) is 8.08. The summed E-state index contributed by atoms with van der Waals surface area (Å²) in [5.41, 5.74) is 1.14. The molecule has 0 fully saturated rings. The standard InChI is InChI=1S/C25H26Cl2N2O3S/c1-18(2)15-23(19-9-5-3-6-10-19)28-25(30)17-29(24-14-13-20(26)16-22(24)27)33(31,32)21-11-7-4-8-12-21/h3-14,16,18,23H,15,17H2,1-2H3,(H,28,30)/t23-/m0/s1. The van der Waals surface area contributed by atoms with Gasteiger partial charge in [0, 0.05) is 5.02 Å². The van der Waals surface area contributed by atoms with E-state index in [0.29, 0.717) is 17.4 Å². The molecule has 0 aliphatic heterocycles. The Morgan fingerprint density at radius 1 is 0.939 bits per heavy atom. The lowest BCUT2D eigenvalue weighted by molar-refractivity contribution is -0.120. The van der Waals surface area contributed by atoms with E-state index in [1.54, 1.807) is 24.3 Å². The molecule has 1 amide bonds. The lowest BCUT2D eigenvalue weighted by Crippen LogP contribution is -2.42. The van der Waals surface area contributed by atoms with Crippen LogP contribution in [-0.2, 0) is 14.8 Å². The molecule has 0 heterocycles. The van der Waals surface area contributed by atoms with Crippen LogP contribution < -0.4 is 9.62 Å². The third-order valence-corrected chi connectivity index (χ3v) is 7.35. The Bertz CT molecular complexity index is 1190. The van der Waals surface area contributed by atoms with E-state index in [0.717, 1.165) is 9.87 Å². The molecule has 33 heavy (non-hydrogen) atoms. The fourth-order valence-electron chi connectivity index (χ4n) is 3.51. The summed E-state index contributed by atoms with van der Waals surface area (Å²) in [6.45, 7) is 3.71. The van der Waals surface area contributed by atoms with Crippen LogP contribution in [0.2, 0.25) is 10.0 Å². The van der Waals surface area contributed by atoms with Gasteiger partial charge in [-0.15, -0.1) is 0 Å². The van der Waals surface area contributed by atoms with Gasteiger partial charge in [0.25, 0.3) is 10.0 Å². The first kappa shape index (κ1) is 25.1. The second-order valence-corrected chi connectivity index (χ2v) is 10.8. The van der Waals surface area contributed by atoms with Crippen LogP contribution in [0.4, 0.5) is 5.69 Å². The van der Waals surface area contributed by atoms with Crippen LogP contribution >= 0.6 is 23.2 Å². The van der Waals surface area contributed by atoms with Crippen molar-refractivity contribution in [1.82, 2.24) is 5.32 Å². The number of carbonyl (C=O) groups is 1. The van der Waals surface area contributed by atoms with Crippen molar-refractivity contribution >= 4 is 44.8 Å². The van der Waals surface area contributed by atoms with Gasteiger partial charge in [-0.05, 0) is 48.2 Å². The summed E-state index contributed by atoms with van der Waals surface area (Å²) in [7, 11) is -4.06. The van der Waals surface area contributed by atoms with Crippen molar-refractivity contribution in [1.29, 1.82) is 0 Å². The monoisotopic (exact) mass is 504 g/mol. The van der Waals surface area contributed by atoms with Crippen LogP contribution in [0.25, 0.3) is 0 Å². The Morgan fingerprint density at radius 2 is 1.55 bits per heavy atom. The fraction of sp³-hybridized carbons (Fsp3) is 0.240. The summed E-state index contributed by atoms with van der Waals surface area (Å²) >= 11 is 12.4. The molecular formula is C25H26Cl2N2O3S. The lowest BCUT2D eigenvalue weighted by Gasteiger charge is -2.27. The van der Waals surface area contributed by atoms with Gasteiger partial charge in [-0.25, -0.2) is 8.42 Å². The minimum atomic E-state index is -4.06. The van der Waals surface area contributed by atoms with Gasteiger partial charge in [0.15, 0.2) is 0 Å². The summed E-state index contributed by atoms with van der Waals surface area (Å²) in [5, 5.41) is 3.51. The van der Waals surface area contributed by atoms with Gasteiger partial charge in [0.1, 0.15) is 6.54 Å². The molecule has 0 saturated carbocycles. The lowest BCUT2D eigenvalue weighted by atomic mass is 9.97. The third-order valence-electron chi connectivity index (χ3n) is 5.04. The number of benzene rings is 3. The Kier molecular flexibility index (Phi) is 8.40. The summed E-state index contributed by atoms with van der Waals surface area (Å²) in [6.07, 6.45) is 0.711. The number of hydrogen-bond acceptors (Lipinski definition) is 3. The topological polar surface area (TPSA) is 66.5 Å². The molecule has 0 radical (unpaired) electrons. The van der Waals surface area contributed by atoms with Crippen molar-refractivity contribution < 1.29 is 13.2 Å². The number of nitrogens with one attached hydrogen (secondary N) is 1. The van der Waals surface area contributed by atoms with Crippen molar-refractivity contribution in [2.24, 2.45) is 5.92 Å². The van der Waals surface area contributed by atoms with Gasteiger partial charge >= 0.3 is 0 Å². The van der Waals surface area contributed by atoms with Gasteiger partial charge in [-0.2, -0.15) is 0 Å². The summed E-state index contributed by atoms with van der Waals surface area (Å²) in [6, 6.07) is 21.8. The normalized spacial score (nSPS) is 12.4. The minimum absolute atomic E-state index is 0.0607. The molecule has 0 aromatic heterocycles. The molecule has 0 spiro atoms. The predicted molar refractivity (Wildman–Crippen MR) is 134 cm³/mol. The maximum absolute atomic E-state index is 13.5. The Balaban J connectivity index is 1.95. The maximum atomic E-state index is 13.5.